The van der Waals surface area contributed by atoms with E-state index in [-0.39, 0.29) is 32.2 Å². The Morgan fingerprint density at radius 2 is 1.91 bits per heavy atom. The number of hydrogen-bond donors (Lipinski definition) is 1. The van der Waals surface area contributed by atoms with Crippen LogP contribution in [0.2, 0.25) is 0 Å². The van der Waals surface area contributed by atoms with Gasteiger partial charge in [0, 0.05) is 25.6 Å². The molecule has 0 aromatic heterocycles. The Labute approximate surface area is 196 Å². The molecule has 4 rings (SSSR count). The van der Waals surface area contributed by atoms with Crippen LogP contribution in [0.4, 0.5) is 5.69 Å². The van der Waals surface area contributed by atoms with Gasteiger partial charge >= 0.3 is 5.97 Å². The number of carbonyl (C=O) groups is 3. The number of amides is 2. The number of fused-ring (bicyclic) bond motifs is 1. The summed E-state index contributed by atoms with van der Waals surface area (Å²) in [5.41, 5.74) is 1.36. The highest BCUT2D eigenvalue weighted by Gasteiger charge is 2.38. The third kappa shape index (κ3) is 4.85. The Balaban J connectivity index is 1.32. The van der Waals surface area contributed by atoms with Crippen LogP contribution in [-0.2, 0) is 25.7 Å². The molecular weight excluding hydrogens is 444 g/mol. The number of hydrogen-bond acceptors (Lipinski definition) is 8. The van der Waals surface area contributed by atoms with E-state index in [4.69, 9.17) is 23.7 Å². The molecule has 34 heavy (non-hydrogen) atoms. The highest BCUT2D eigenvalue weighted by atomic mass is 16.7. The summed E-state index contributed by atoms with van der Waals surface area (Å²) in [4.78, 5) is 39.2. The van der Waals surface area contributed by atoms with Gasteiger partial charge < -0.3 is 33.9 Å². The van der Waals surface area contributed by atoms with Gasteiger partial charge in [-0.3, -0.25) is 14.4 Å². The lowest BCUT2D eigenvalue weighted by atomic mass is 10.1. The summed E-state index contributed by atoms with van der Waals surface area (Å²) >= 11 is 0. The SMILES string of the molecule is COc1ccc(N2C[C@H](C(=O)O[C@@H](C)C(=O)NCc3ccc4c(c3)OCO4)CC2=O)c(OC)c1. The van der Waals surface area contributed by atoms with Gasteiger partial charge in [0.05, 0.1) is 25.8 Å². The summed E-state index contributed by atoms with van der Waals surface area (Å²) in [6.07, 6.45) is -1.03. The van der Waals surface area contributed by atoms with Gasteiger partial charge in [-0.05, 0) is 36.8 Å². The van der Waals surface area contributed by atoms with Gasteiger partial charge in [-0.25, -0.2) is 0 Å². The van der Waals surface area contributed by atoms with Crippen molar-refractivity contribution in [1.82, 2.24) is 5.32 Å². The van der Waals surface area contributed by atoms with Gasteiger partial charge in [-0.15, -0.1) is 0 Å². The van der Waals surface area contributed by atoms with E-state index >= 15 is 0 Å². The quantitative estimate of drug-likeness (QED) is 0.584. The molecule has 180 valence electrons. The molecule has 0 spiro atoms. The van der Waals surface area contributed by atoms with E-state index in [1.54, 1.807) is 30.3 Å². The van der Waals surface area contributed by atoms with Gasteiger partial charge in [0.15, 0.2) is 17.6 Å². The van der Waals surface area contributed by atoms with Crippen LogP contribution in [0.5, 0.6) is 23.0 Å². The van der Waals surface area contributed by atoms with Gasteiger partial charge in [0.2, 0.25) is 12.7 Å². The molecule has 10 nitrogen and oxygen atoms in total. The Hall–Kier alpha value is -3.95. The molecule has 2 aliphatic heterocycles. The summed E-state index contributed by atoms with van der Waals surface area (Å²) < 4.78 is 26.5. The fraction of sp³-hybridized carbons (Fsp3) is 0.375. The number of rotatable bonds is 8. The molecule has 2 aromatic carbocycles. The van der Waals surface area contributed by atoms with E-state index in [0.717, 1.165) is 5.56 Å². The maximum atomic E-state index is 12.7. The summed E-state index contributed by atoms with van der Waals surface area (Å²) in [7, 11) is 3.03. The second-order valence-electron chi connectivity index (χ2n) is 7.93. The minimum absolute atomic E-state index is 0.0143. The van der Waals surface area contributed by atoms with Crippen molar-refractivity contribution in [3.63, 3.8) is 0 Å². The van der Waals surface area contributed by atoms with Crippen LogP contribution < -0.4 is 29.2 Å². The van der Waals surface area contributed by atoms with Crippen LogP contribution in [-0.4, -0.2) is 51.4 Å². The number of carbonyl (C=O) groups excluding carboxylic acids is 3. The van der Waals surface area contributed by atoms with Crippen molar-refractivity contribution in [2.24, 2.45) is 5.92 Å². The standard InChI is InChI=1S/C24H26N2O8/c1-14(23(28)25-11-15-4-7-19-21(8-15)33-13-32-19)34-24(29)16-9-22(27)26(12-16)18-6-5-17(30-2)10-20(18)31-3/h4-8,10,14,16H,9,11-13H2,1-3H3,(H,25,28)/t14-,16+/m0/s1. The van der Waals surface area contributed by atoms with E-state index < -0.39 is 23.9 Å². The number of nitrogens with zero attached hydrogens (tertiary/aromatic N) is 1. The van der Waals surface area contributed by atoms with E-state index in [9.17, 15) is 14.4 Å². The van der Waals surface area contributed by atoms with Gasteiger partial charge in [0.25, 0.3) is 5.91 Å². The van der Waals surface area contributed by atoms with Crippen molar-refractivity contribution in [1.29, 1.82) is 0 Å². The predicted molar refractivity (Wildman–Crippen MR) is 120 cm³/mol. The van der Waals surface area contributed by atoms with Gasteiger partial charge in [-0.2, -0.15) is 0 Å². The molecule has 10 heteroatoms. The molecule has 0 aliphatic carbocycles. The molecule has 0 radical (unpaired) electrons. The lowest BCUT2D eigenvalue weighted by Crippen LogP contribution is -2.37. The van der Waals surface area contributed by atoms with E-state index in [0.29, 0.717) is 28.7 Å². The molecule has 1 fully saturated rings. The summed E-state index contributed by atoms with van der Waals surface area (Å²) in [5.74, 6) is 0.355. The maximum Gasteiger partial charge on any atom is 0.312 e. The fourth-order valence-corrected chi connectivity index (χ4v) is 3.81. The van der Waals surface area contributed by atoms with Crippen molar-refractivity contribution in [2.75, 3.05) is 32.5 Å². The number of anilines is 1. The molecule has 0 bridgehead atoms. The van der Waals surface area contributed by atoms with Gasteiger partial charge in [0.1, 0.15) is 11.5 Å². The zero-order chi connectivity index (χ0) is 24.2. The maximum absolute atomic E-state index is 12.7. The third-order valence-corrected chi connectivity index (χ3v) is 5.70. The van der Waals surface area contributed by atoms with Crippen LogP contribution in [0.3, 0.4) is 0 Å². The van der Waals surface area contributed by atoms with Gasteiger partial charge in [-0.1, -0.05) is 6.07 Å². The first-order valence-electron chi connectivity index (χ1n) is 10.8. The molecule has 1 N–H and O–H groups in total. The van der Waals surface area contributed by atoms with Crippen molar-refractivity contribution in [3.05, 3.63) is 42.0 Å². The minimum Gasteiger partial charge on any atom is -0.497 e. The Kier molecular flexibility index (Phi) is 6.76. The van der Waals surface area contributed by atoms with Crippen molar-refractivity contribution >= 4 is 23.5 Å². The molecule has 2 atom stereocenters. The van der Waals surface area contributed by atoms with Crippen LogP contribution >= 0.6 is 0 Å². The fourth-order valence-electron chi connectivity index (χ4n) is 3.81. The first-order chi connectivity index (χ1) is 16.4. The molecule has 2 amide bonds. The molecule has 2 aliphatic rings. The van der Waals surface area contributed by atoms with E-state index in [1.165, 1.54) is 26.0 Å². The lowest BCUT2D eigenvalue weighted by Gasteiger charge is -2.20. The average Bonchev–Trinajstić information content (AvgIpc) is 3.48. The van der Waals surface area contributed by atoms with Crippen molar-refractivity contribution in [3.8, 4) is 23.0 Å². The number of benzene rings is 2. The lowest BCUT2D eigenvalue weighted by molar-refractivity contribution is -0.158. The third-order valence-electron chi connectivity index (χ3n) is 5.70. The zero-order valence-electron chi connectivity index (χ0n) is 19.2. The second-order valence-corrected chi connectivity index (χ2v) is 7.93. The number of esters is 1. The number of nitrogens with one attached hydrogen (secondary N) is 1. The van der Waals surface area contributed by atoms with Crippen LogP contribution in [0, 0.1) is 5.92 Å². The van der Waals surface area contributed by atoms with Crippen LogP contribution in [0.25, 0.3) is 0 Å². The molecule has 2 aromatic rings. The summed E-state index contributed by atoms with van der Waals surface area (Å²) in [6, 6.07) is 10.5. The topological polar surface area (TPSA) is 113 Å². The van der Waals surface area contributed by atoms with Crippen molar-refractivity contribution < 1.29 is 38.1 Å². The largest absolute Gasteiger partial charge is 0.497 e. The molecule has 0 unspecified atom stereocenters. The summed E-state index contributed by atoms with van der Waals surface area (Å²) in [5, 5.41) is 2.74. The Bertz CT molecular complexity index is 1100. The van der Waals surface area contributed by atoms with Crippen molar-refractivity contribution in [2.45, 2.75) is 26.0 Å². The zero-order valence-corrected chi connectivity index (χ0v) is 19.2. The molecular formula is C24H26N2O8. The predicted octanol–water partition coefficient (Wildman–Crippen LogP) is 2.03. The minimum atomic E-state index is -1.01. The van der Waals surface area contributed by atoms with Crippen LogP contribution in [0.1, 0.15) is 18.9 Å². The highest BCUT2D eigenvalue weighted by Crippen LogP contribution is 2.36. The molecule has 0 saturated carbocycles. The number of ether oxygens (including phenoxy) is 5. The molecule has 2 heterocycles. The highest BCUT2D eigenvalue weighted by molar-refractivity contribution is 6.01. The average molecular weight is 470 g/mol. The van der Waals surface area contributed by atoms with Crippen LogP contribution in [0.15, 0.2) is 36.4 Å². The smallest absolute Gasteiger partial charge is 0.312 e. The monoisotopic (exact) mass is 470 g/mol. The van der Waals surface area contributed by atoms with E-state index in [1.807, 2.05) is 6.07 Å². The summed E-state index contributed by atoms with van der Waals surface area (Å²) in [6.45, 7) is 2.04. The molecule has 1 saturated heterocycles. The first-order valence-corrected chi connectivity index (χ1v) is 10.8. The second kappa shape index (κ2) is 9.90. The normalized spacial score (nSPS) is 17.3. The number of methoxy groups -OCH3 is 2. The Morgan fingerprint density at radius 3 is 2.68 bits per heavy atom. The van der Waals surface area contributed by atoms with E-state index in [2.05, 4.69) is 5.32 Å². The Morgan fingerprint density at radius 1 is 1.12 bits per heavy atom. The first kappa shape index (κ1) is 23.2.